The Hall–Kier alpha value is -2.43. The molecular formula is C19H29N5. The third-order valence-electron chi connectivity index (χ3n) is 4.30. The lowest BCUT2D eigenvalue weighted by Crippen LogP contribution is -2.38. The van der Waals surface area contributed by atoms with Crippen LogP contribution in [0.1, 0.15) is 16.8 Å². The first-order chi connectivity index (χ1) is 11.4. The van der Waals surface area contributed by atoms with E-state index in [2.05, 4.69) is 96.3 Å². The number of guanidine groups is 1. The molecule has 0 aliphatic rings. The Bertz CT molecular complexity index is 700. The van der Waals surface area contributed by atoms with E-state index in [0.717, 1.165) is 19.0 Å². The van der Waals surface area contributed by atoms with Crippen molar-refractivity contribution >= 4 is 11.6 Å². The van der Waals surface area contributed by atoms with Gasteiger partial charge in [0.05, 0.1) is 6.54 Å². The quantitative estimate of drug-likeness (QED) is 0.677. The van der Waals surface area contributed by atoms with Gasteiger partial charge in [-0.25, -0.2) is 0 Å². The van der Waals surface area contributed by atoms with E-state index in [4.69, 9.17) is 0 Å². The Morgan fingerprint density at radius 1 is 1.21 bits per heavy atom. The van der Waals surface area contributed by atoms with Gasteiger partial charge in [-0.1, -0.05) is 6.07 Å². The molecule has 0 atom stereocenters. The SMILES string of the molecule is CN=C(NCc1ccc(N(C)C)cc1C)N(C)Cc1cccn1C. The highest BCUT2D eigenvalue weighted by molar-refractivity contribution is 5.79. The number of nitrogens with zero attached hydrogens (tertiary/aromatic N) is 4. The van der Waals surface area contributed by atoms with E-state index < -0.39 is 0 Å². The van der Waals surface area contributed by atoms with Crippen molar-refractivity contribution in [3.63, 3.8) is 0 Å². The van der Waals surface area contributed by atoms with E-state index in [1.54, 1.807) is 0 Å². The van der Waals surface area contributed by atoms with Gasteiger partial charge in [0.2, 0.25) is 0 Å². The standard InChI is InChI=1S/C19H29N5/c1-15-12-17(22(3)4)10-9-16(15)13-21-19(20-2)24(6)14-18-8-7-11-23(18)5/h7-12H,13-14H2,1-6H3,(H,20,21). The first-order valence-electron chi connectivity index (χ1n) is 8.21. The Labute approximate surface area is 145 Å². The first kappa shape index (κ1) is 17.9. The molecule has 1 aromatic heterocycles. The molecule has 1 N–H and O–H groups in total. The van der Waals surface area contributed by atoms with Crippen molar-refractivity contribution in [1.29, 1.82) is 0 Å². The molecule has 0 radical (unpaired) electrons. The van der Waals surface area contributed by atoms with Gasteiger partial charge in [-0.3, -0.25) is 4.99 Å². The summed E-state index contributed by atoms with van der Waals surface area (Å²) in [6.45, 7) is 3.74. The first-order valence-corrected chi connectivity index (χ1v) is 8.21. The van der Waals surface area contributed by atoms with Crippen molar-refractivity contribution in [3.8, 4) is 0 Å². The second kappa shape index (κ2) is 7.90. The average Bonchev–Trinajstić information content (AvgIpc) is 2.94. The molecule has 2 aromatic rings. The van der Waals surface area contributed by atoms with Crippen molar-refractivity contribution < 1.29 is 0 Å². The highest BCUT2D eigenvalue weighted by Crippen LogP contribution is 2.17. The van der Waals surface area contributed by atoms with Gasteiger partial charge in [0, 0.05) is 59.4 Å². The molecule has 2 rings (SSSR count). The summed E-state index contributed by atoms with van der Waals surface area (Å²) in [5.41, 5.74) is 5.05. The summed E-state index contributed by atoms with van der Waals surface area (Å²) in [7, 11) is 10.1. The van der Waals surface area contributed by atoms with Crippen LogP contribution in [0.4, 0.5) is 5.69 Å². The molecule has 0 bridgehead atoms. The van der Waals surface area contributed by atoms with Gasteiger partial charge in [-0.05, 0) is 42.3 Å². The van der Waals surface area contributed by atoms with Crippen LogP contribution in [-0.2, 0) is 20.1 Å². The van der Waals surface area contributed by atoms with Crippen LogP contribution in [0.2, 0.25) is 0 Å². The van der Waals surface area contributed by atoms with Crippen LogP contribution in [0, 0.1) is 6.92 Å². The lowest BCUT2D eigenvalue weighted by molar-refractivity contribution is 0.461. The molecule has 0 aliphatic carbocycles. The summed E-state index contributed by atoms with van der Waals surface area (Å²) in [5, 5.41) is 3.46. The van der Waals surface area contributed by atoms with Gasteiger partial charge in [-0.15, -0.1) is 0 Å². The fourth-order valence-electron chi connectivity index (χ4n) is 2.69. The molecule has 130 valence electrons. The normalized spacial score (nSPS) is 11.5. The van der Waals surface area contributed by atoms with Crippen LogP contribution >= 0.6 is 0 Å². The monoisotopic (exact) mass is 327 g/mol. The lowest BCUT2D eigenvalue weighted by atomic mass is 10.1. The number of aliphatic imine (C=N–C) groups is 1. The van der Waals surface area contributed by atoms with Crippen LogP contribution in [0.15, 0.2) is 41.5 Å². The summed E-state index contributed by atoms with van der Waals surface area (Å²) in [4.78, 5) is 8.66. The van der Waals surface area contributed by atoms with E-state index in [0.29, 0.717) is 0 Å². The second-order valence-corrected chi connectivity index (χ2v) is 6.37. The minimum atomic E-state index is 0.768. The van der Waals surface area contributed by atoms with E-state index in [1.807, 2.05) is 7.05 Å². The molecule has 0 saturated heterocycles. The van der Waals surface area contributed by atoms with Crippen molar-refractivity contribution in [2.75, 3.05) is 33.1 Å². The smallest absolute Gasteiger partial charge is 0.194 e. The minimum absolute atomic E-state index is 0.768. The van der Waals surface area contributed by atoms with Crippen LogP contribution in [0.3, 0.4) is 0 Å². The minimum Gasteiger partial charge on any atom is -0.378 e. The fourth-order valence-corrected chi connectivity index (χ4v) is 2.69. The van der Waals surface area contributed by atoms with Gasteiger partial charge >= 0.3 is 0 Å². The van der Waals surface area contributed by atoms with E-state index in [1.165, 1.54) is 22.5 Å². The Kier molecular flexibility index (Phi) is 5.90. The molecule has 0 spiro atoms. The van der Waals surface area contributed by atoms with Crippen molar-refractivity contribution in [1.82, 2.24) is 14.8 Å². The number of benzene rings is 1. The summed E-state index contributed by atoms with van der Waals surface area (Å²) in [6.07, 6.45) is 2.06. The molecule has 5 heteroatoms. The van der Waals surface area contributed by atoms with Crippen molar-refractivity contribution in [3.05, 3.63) is 53.3 Å². The Morgan fingerprint density at radius 3 is 2.50 bits per heavy atom. The van der Waals surface area contributed by atoms with Gasteiger partial charge in [-0.2, -0.15) is 0 Å². The Morgan fingerprint density at radius 2 is 1.96 bits per heavy atom. The van der Waals surface area contributed by atoms with E-state index in [9.17, 15) is 0 Å². The molecular weight excluding hydrogens is 298 g/mol. The van der Waals surface area contributed by atoms with Gasteiger partial charge in [0.1, 0.15) is 0 Å². The summed E-state index contributed by atoms with van der Waals surface area (Å²) < 4.78 is 2.13. The van der Waals surface area contributed by atoms with Crippen LogP contribution in [0.5, 0.6) is 0 Å². The summed E-state index contributed by atoms with van der Waals surface area (Å²) >= 11 is 0. The topological polar surface area (TPSA) is 35.8 Å². The third kappa shape index (κ3) is 4.31. The van der Waals surface area contributed by atoms with Gasteiger partial charge in [0.15, 0.2) is 5.96 Å². The van der Waals surface area contributed by atoms with Crippen LogP contribution in [-0.4, -0.2) is 43.6 Å². The lowest BCUT2D eigenvalue weighted by Gasteiger charge is -2.23. The highest BCUT2D eigenvalue weighted by atomic mass is 15.3. The number of hydrogen-bond donors (Lipinski definition) is 1. The van der Waals surface area contributed by atoms with Gasteiger partial charge in [0.25, 0.3) is 0 Å². The number of hydrogen-bond acceptors (Lipinski definition) is 2. The largest absolute Gasteiger partial charge is 0.378 e. The predicted octanol–water partition coefficient (Wildman–Crippen LogP) is 2.61. The number of aromatic nitrogens is 1. The molecule has 0 unspecified atom stereocenters. The van der Waals surface area contributed by atoms with Crippen LogP contribution < -0.4 is 10.2 Å². The highest BCUT2D eigenvalue weighted by Gasteiger charge is 2.09. The maximum Gasteiger partial charge on any atom is 0.194 e. The molecule has 1 heterocycles. The molecule has 5 nitrogen and oxygen atoms in total. The van der Waals surface area contributed by atoms with Crippen molar-refractivity contribution in [2.45, 2.75) is 20.0 Å². The molecule has 0 saturated carbocycles. The number of anilines is 1. The molecule has 24 heavy (non-hydrogen) atoms. The fraction of sp³-hybridized carbons (Fsp3) is 0.421. The predicted molar refractivity (Wildman–Crippen MR) is 103 cm³/mol. The summed E-state index contributed by atoms with van der Waals surface area (Å²) in [5.74, 6) is 0.896. The zero-order valence-corrected chi connectivity index (χ0v) is 15.7. The number of aryl methyl sites for hydroxylation is 2. The molecule has 0 fully saturated rings. The number of rotatable bonds is 5. The second-order valence-electron chi connectivity index (χ2n) is 6.37. The molecule has 1 aromatic carbocycles. The summed E-state index contributed by atoms with van der Waals surface area (Å²) in [6, 6.07) is 10.7. The molecule has 0 amide bonds. The van der Waals surface area contributed by atoms with Gasteiger partial charge < -0.3 is 19.7 Å². The average molecular weight is 327 g/mol. The zero-order chi connectivity index (χ0) is 17.7. The van der Waals surface area contributed by atoms with Crippen molar-refractivity contribution in [2.24, 2.45) is 12.0 Å². The van der Waals surface area contributed by atoms with Crippen LogP contribution in [0.25, 0.3) is 0 Å². The maximum atomic E-state index is 4.40. The van der Waals surface area contributed by atoms with E-state index >= 15 is 0 Å². The number of nitrogens with one attached hydrogen (secondary N) is 1. The maximum absolute atomic E-state index is 4.40. The zero-order valence-electron chi connectivity index (χ0n) is 15.7. The molecule has 0 aliphatic heterocycles. The third-order valence-corrected chi connectivity index (χ3v) is 4.30. The Balaban J connectivity index is 2.00. The van der Waals surface area contributed by atoms with E-state index in [-0.39, 0.29) is 0 Å².